The Morgan fingerprint density at radius 3 is 2.82 bits per heavy atom. The van der Waals surface area contributed by atoms with Crippen molar-refractivity contribution in [3.05, 3.63) is 16.1 Å². The Kier molecular flexibility index (Phi) is 6.64. The molecule has 1 saturated carbocycles. The maximum Gasteiger partial charge on any atom is 0.191 e. The first-order valence-corrected chi connectivity index (χ1v) is 9.00. The fourth-order valence-electron chi connectivity index (χ4n) is 2.36. The molecule has 6 heteroatoms. The molecule has 1 aliphatic carbocycles. The molecule has 1 aromatic heterocycles. The van der Waals surface area contributed by atoms with Crippen LogP contribution in [0.3, 0.4) is 0 Å². The van der Waals surface area contributed by atoms with Gasteiger partial charge in [-0.1, -0.05) is 0 Å². The normalized spacial score (nSPS) is 16.6. The van der Waals surface area contributed by atoms with Crippen molar-refractivity contribution in [2.24, 2.45) is 10.4 Å². The van der Waals surface area contributed by atoms with Gasteiger partial charge in [-0.15, -0.1) is 11.3 Å². The van der Waals surface area contributed by atoms with Crippen LogP contribution in [0.2, 0.25) is 0 Å². The van der Waals surface area contributed by atoms with E-state index in [9.17, 15) is 0 Å². The summed E-state index contributed by atoms with van der Waals surface area (Å²) in [6, 6.07) is 0. The van der Waals surface area contributed by atoms with Crippen LogP contribution >= 0.6 is 11.3 Å². The Hall–Kier alpha value is -1.14. The summed E-state index contributed by atoms with van der Waals surface area (Å²) in [6.07, 6.45) is 5.62. The fraction of sp³-hybridized carbons (Fsp3) is 0.750. The lowest BCUT2D eigenvalue weighted by atomic mass is 10.0. The maximum absolute atomic E-state index is 5.49. The number of ether oxygens (including phenoxy) is 1. The summed E-state index contributed by atoms with van der Waals surface area (Å²) >= 11 is 1.71. The summed E-state index contributed by atoms with van der Waals surface area (Å²) < 4.78 is 5.49. The zero-order chi connectivity index (χ0) is 15.8. The molecule has 0 bridgehead atoms. The van der Waals surface area contributed by atoms with Crippen molar-refractivity contribution in [2.45, 2.75) is 46.6 Å². The van der Waals surface area contributed by atoms with Gasteiger partial charge in [0.05, 0.1) is 6.54 Å². The van der Waals surface area contributed by atoms with Crippen LogP contribution in [0.5, 0.6) is 0 Å². The molecule has 2 rings (SSSR count). The van der Waals surface area contributed by atoms with Gasteiger partial charge in [0.15, 0.2) is 5.96 Å². The second kappa shape index (κ2) is 8.48. The number of nitrogens with one attached hydrogen (secondary N) is 2. The molecular weight excluding hydrogens is 296 g/mol. The first-order valence-electron chi connectivity index (χ1n) is 8.19. The number of hydrogen-bond acceptors (Lipinski definition) is 4. The second-order valence-electron chi connectivity index (χ2n) is 5.86. The average Bonchev–Trinajstić information content (AvgIpc) is 3.16. The van der Waals surface area contributed by atoms with E-state index in [-0.39, 0.29) is 0 Å². The number of hydrogen-bond donors (Lipinski definition) is 2. The minimum atomic E-state index is 0.420. The molecule has 1 heterocycles. The third-order valence-electron chi connectivity index (χ3n) is 3.95. The number of guanidine groups is 1. The van der Waals surface area contributed by atoms with Gasteiger partial charge in [0.25, 0.3) is 0 Å². The largest absolute Gasteiger partial charge is 0.382 e. The molecule has 1 aromatic rings. The van der Waals surface area contributed by atoms with Crippen molar-refractivity contribution in [3.63, 3.8) is 0 Å². The highest BCUT2D eigenvalue weighted by Gasteiger charge is 2.41. The molecule has 0 amide bonds. The molecular formula is C16H28N4OS. The predicted octanol–water partition coefficient (Wildman–Crippen LogP) is 2.71. The molecule has 2 N–H and O–H groups in total. The van der Waals surface area contributed by atoms with Crippen molar-refractivity contribution in [3.8, 4) is 0 Å². The van der Waals surface area contributed by atoms with Gasteiger partial charge in [0.2, 0.25) is 0 Å². The van der Waals surface area contributed by atoms with Crippen LogP contribution in [-0.4, -0.2) is 37.2 Å². The van der Waals surface area contributed by atoms with Gasteiger partial charge in [-0.05, 0) is 45.4 Å². The highest BCUT2D eigenvalue weighted by Crippen LogP contribution is 2.48. The Morgan fingerprint density at radius 1 is 1.41 bits per heavy atom. The summed E-state index contributed by atoms with van der Waals surface area (Å²) in [5, 5.41) is 7.86. The van der Waals surface area contributed by atoms with Gasteiger partial charge in [-0.2, -0.15) is 0 Å². The second-order valence-corrected chi connectivity index (χ2v) is 7.18. The van der Waals surface area contributed by atoms with Gasteiger partial charge in [-0.25, -0.2) is 9.98 Å². The van der Waals surface area contributed by atoms with Crippen molar-refractivity contribution in [2.75, 3.05) is 26.3 Å². The third-order valence-corrected chi connectivity index (χ3v) is 4.85. The fourth-order valence-corrected chi connectivity index (χ4v) is 3.07. The highest BCUT2D eigenvalue weighted by molar-refractivity contribution is 7.11. The van der Waals surface area contributed by atoms with Crippen molar-refractivity contribution in [1.82, 2.24) is 15.6 Å². The maximum atomic E-state index is 5.49. The van der Waals surface area contributed by atoms with E-state index in [4.69, 9.17) is 4.74 Å². The van der Waals surface area contributed by atoms with Crippen LogP contribution in [0, 0.1) is 12.3 Å². The Labute approximate surface area is 137 Å². The van der Waals surface area contributed by atoms with Crippen molar-refractivity contribution < 1.29 is 4.74 Å². The standard InChI is InChI=1S/C16H28N4OS/c1-4-17-15(19-11-14-18-10-13(3)22-14)20-12-16(6-7-16)8-9-21-5-2/h10H,4-9,11-12H2,1-3H3,(H2,17,19,20). The van der Waals surface area contributed by atoms with Crippen LogP contribution in [0.1, 0.15) is 43.0 Å². The lowest BCUT2D eigenvalue weighted by Crippen LogP contribution is -2.40. The first kappa shape index (κ1) is 17.2. The van der Waals surface area contributed by atoms with E-state index in [1.54, 1.807) is 11.3 Å². The monoisotopic (exact) mass is 324 g/mol. The van der Waals surface area contributed by atoms with Gasteiger partial charge in [0.1, 0.15) is 5.01 Å². The lowest BCUT2D eigenvalue weighted by Gasteiger charge is -2.18. The number of aliphatic imine (C=N–C) groups is 1. The van der Waals surface area contributed by atoms with Crippen LogP contribution < -0.4 is 10.6 Å². The molecule has 0 spiro atoms. The topological polar surface area (TPSA) is 58.5 Å². The Morgan fingerprint density at radius 2 is 2.23 bits per heavy atom. The van der Waals surface area contributed by atoms with Gasteiger partial charge < -0.3 is 15.4 Å². The molecule has 124 valence electrons. The van der Waals surface area contributed by atoms with E-state index < -0.39 is 0 Å². The van der Waals surface area contributed by atoms with E-state index in [0.717, 1.165) is 43.7 Å². The smallest absolute Gasteiger partial charge is 0.191 e. The lowest BCUT2D eigenvalue weighted by molar-refractivity contribution is 0.128. The Bertz CT molecular complexity index is 482. The van der Waals surface area contributed by atoms with E-state index >= 15 is 0 Å². The molecule has 5 nitrogen and oxygen atoms in total. The molecule has 0 saturated heterocycles. The zero-order valence-electron chi connectivity index (χ0n) is 13.9. The van der Waals surface area contributed by atoms with Gasteiger partial charge in [0, 0.05) is 37.4 Å². The molecule has 0 atom stereocenters. The van der Waals surface area contributed by atoms with Crippen molar-refractivity contribution in [1.29, 1.82) is 0 Å². The SMILES string of the molecule is CCNC(=NCc1ncc(C)s1)NCC1(CCOCC)CC1. The third kappa shape index (κ3) is 5.57. The molecule has 0 radical (unpaired) electrons. The predicted molar refractivity (Wildman–Crippen MR) is 92.4 cm³/mol. The highest BCUT2D eigenvalue weighted by atomic mass is 32.1. The van der Waals surface area contributed by atoms with Crippen molar-refractivity contribution >= 4 is 17.3 Å². The van der Waals surface area contributed by atoms with E-state index in [0.29, 0.717) is 12.0 Å². The minimum absolute atomic E-state index is 0.420. The summed E-state index contributed by atoms with van der Waals surface area (Å²) in [6.45, 7) is 10.4. The van der Waals surface area contributed by atoms with E-state index in [1.807, 2.05) is 13.1 Å². The number of nitrogens with zero attached hydrogens (tertiary/aromatic N) is 2. The van der Waals surface area contributed by atoms with Gasteiger partial charge in [-0.3, -0.25) is 0 Å². The average molecular weight is 324 g/mol. The van der Waals surface area contributed by atoms with Crippen LogP contribution in [0.4, 0.5) is 0 Å². The van der Waals surface area contributed by atoms with Crippen LogP contribution in [0.15, 0.2) is 11.2 Å². The number of rotatable bonds is 9. The Balaban J connectivity index is 1.81. The number of thiazole rings is 1. The molecule has 22 heavy (non-hydrogen) atoms. The molecule has 1 aliphatic rings. The number of aryl methyl sites for hydroxylation is 1. The quantitative estimate of drug-likeness (QED) is 0.416. The summed E-state index contributed by atoms with van der Waals surface area (Å²) in [4.78, 5) is 10.2. The first-order chi connectivity index (χ1) is 10.7. The summed E-state index contributed by atoms with van der Waals surface area (Å²) in [5.41, 5.74) is 0.420. The summed E-state index contributed by atoms with van der Waals surface area (Å²) in [7, 11) is 0. The molecule has 0 unspecified atom stereocenters. The van der Waals surface area contributed by atoms with Gasteiger partial charge >= 0.3 is 0 Å². The number of aromatic nitrogens is 1. The summed E-state index contributed by atoms with van der Waals surface area (Å²) in [5.74, 6) is 0.887. The van der Waals surface area contributed by atoms with E-state index in [2.05, 4.69) is 34.5 Å². The molecule has 0 aliphatic heterocycles. The minimum Gasteiger partial charge on any atom is -0.382 e. The van der Waals surface area contributed by atoms with Crippen LogP contribution in [0.25, 0.3) is 0 Å². The van der Waals surface area contributed by atoms with Crippen LogP contribution in [-0.2, 0) is 11.3 Å². The van der Waals surface area contributed by atoms with E-state index in [1.165, 1.54) is 17.7 Å². The molecule has 0 aromatic carbocycles. The molecule has 1 fully saturated rings. The zero-order valence-corrected chi connectivity index (χ0v) is 14.8.